The average molecular weight is 342 g/mol. The Kier molecular flexibility index (Phi) is 3.29. The van der Waals surface area contributed by atoms with Crippen LogP contribution in [0.3, 0.4) is 0 Å². The molecule has 5 rings (SSSR count). The van der Waals surface area contributed by atoms with E-state index in [0.717, 1.165) is 35.4 Å². The van der Waals surface area contributed by atoms with E-state index in [1.54, 1.807) is 0 Å². The van der Waals surface area contributed by atoms with E-state index in [1.807, 2.05) is 30.7 Å². The van der Waals surface area contributed by atoms with Crippen molar-refractivity contribution in [3.8, 4) is 11.5 Å². The molecule has 2 aromatic carbocycles. The van der Waals surface area contributed by atoms with Gasteiger partial charge in [-0.05, 0) is 41.5 Å². The lowest BCUT2D eigenvalue weighted by Crippen LogP contribution is -2.33. The number of para-hydroxylation sites is 2. The molecule has 130 valence electrons. The van der Waals surface area contributed by atoms with E-state index in [0.29, 0.717) is 0 Å². The van der Waals surface area contributed by atoms with Gasteiger partial charge in [-0.2, -0.15) is 0 Å². The van der Waals surface area contributed by atoms with Gasteiger partial charge in [-0.1, -0.05) is 50.2 Å². The maximum absolute atomic E-state index is 4.80. The standard InChI is InChI=1S/C22H22N4/c1-22(2)12-11-15-7-3-4-8-16(15)20(22)26-14-23-13-19(26)21-24-17-9-5-6-10-18(17)25-21/h3-10,13-14,20H,11-12H2,1-2H3,(H,24,25). The summed E-state index contributed by atoms with van der Waals surface area (Å²) >= 11 is 0. The first-order valence-corrected chi connectivity index (χ1v) is 9.18. The first-order valence-electron chi connectivity index (χ1n) is 9.18. The lowest BCUT2D eigenvalue weighted by Gasteiger charge is -2.41. The Morgan fingerprint density at radius 3 is 2.77 bits per heavy atom. The zero-order chi connectivity index (χ0) is 17.7. The van der Waals surface area contributed by atoms with Crippen LogP contribution in [0.4, 0.5) is 0 Å². The third-order valence-electron chi connectivity index (χ3n) is 5.70. The number of aryl methyl sites for hydroxylation is 1. The number of imidazole rings is 2. The SMILES string of the molecule is CC1(C)CCc2ccccc2C1n1cncc1-c1nc2ccccc2[nH]1. The van der Waals surface area contributed by atoms with Crippen molar-refractivity contribution in [3.05, 3.63) is 72.2 Å². The zero-order valence-corrected chi connectivity index (χ0v) is 15.1. The fourth-order valence-corrected chi connectivity index (χ4v) is 4.34. The second-order valence-corrected chi connectivity index (χ2v) is 7.88. The van der Waals surface area contributed by atoms with Crippen molar-refractivity contribution in [1.82, 2.24) is 19.5 Å². The molecular formula is C22H22N4. The van der Waals surface area contributed by atoms with E-state index in [1.165, 1.54) is 11.1 Å². The van der Waals surface area contributed by atoms with Gasteiger partial charge < -0.3 is 9.55 Å². The molecule has 0 spiro atoms. The Labute approximate surface area is 152 Å². The first kappa shape index (κ1) is 15.4. The van der Waals surface area contributed by atoms with Gasteiger partial charge in [0.05, 0.1) is 29.6 Å². The molecule has 4 nitrogen and oxygen atoms in total. The summed E-state index contributed by atoms with van der Waals surface area (Å²) in [4.78, 5) is 12.7. The molecule has 1 aliphatic rings. The van der Waals surface area contributed by atoms with Crippen molar-refractivity contribution >= 4 is 11.0 Å². The molecule has 1 unspecified atom stereocenters. The maximum atomic E-state index is 4.80. The average Bonchev–Trinajstić information content (AvgIpc) is 3.27. The van der Waals surface area contributed by atoms with Gasteiger partial charge in [0.1, 0.15) is 5.69 Å². The smallest absolute Gasteiger partial charge is 0.156 e. The van der Waals surface area contributed by atoms with Gasteiger partial charge in [0.15, 0.2) is 5.82 Å². The van der Waals surface area contributed by atoms with E-state index in [-0.39, 0.29) is 11.5 Å². The van der Waals surface area contributed by atoms with Crippen LogP contribution in [0, 0.1) is 5.41 Å². The molecule has 0 saturated carbocycles. The van der Waals surface area contributed by atoms with Crippen molar-refractivity contribution in [2.75, 3.05) is 0 Å². The second kappa shape index (κ2) is 5.56. The fraction of sp³-hybridized carbons (Fsp3) is 0.273. The molecule has 4 heteroatoms. The number of aromatic amines is 1. The number of rotatable bonds is 2. The topological polar surface area (TPSA) is 46.5 Å². The number of nitrogens with zero attached hydrogens (tertiary/aromatic N) is 3. The Morgan fingerprint density at radius 1 is 1.08 bits per heavy atom. The summed E-state index contributed by atoms with van der Waals surface area (Å²) in [5.41, 5.74) is 6.07. The summed E-state index contributed by atoms with van der Waals surface area (Å²) in [6, 6.07) is 17.2. The lowest BCUT2D eigenvalue weighted by atomic mass is 9.70. The number of benzene rings is 2. The van der Waals surface area contributed by atoms with E-state index >= 15 is 0 Å². The second-order valence-electron chi connectivity index (χ2n) is 7.88. The molecule has 0 saturated heterocycles. The van der Waals surface area contributed by atoms with Crippen LogP contribution in [-0.2, 0) is 6.42 Å². The molecule has 1 N–H and O–H groups in total. The predicted molar refractivity (Wildman–Crippen MR) is 104 cm³/mol. The fourth-order valence-electron chi connectivity index (χ4n) is 4.34. The van der Waals surface area contributed by atoms with Crippen molar-refractivity contribution in [1.29, 1.82) is 0 Å². The van der Waals surface area contributed by atoms with Gasteiger partial charge in [-0.3, -0.25) is 0 Å². The van der Waals surface area contributed by atoms with Gasteiger partial charge in [-0.25, -0.2) is 9.97 Å². The number of nitrogens with one attached hydrogen (secondary N) is 1. The Morgan fingerprint density at radius 2 is 1.88 bits per heavy atom. The summed E-state index contributed by atoms with van der Waals surface area (Å²) in [7, 11) is 0. The van der Waals surface area contributed by atoms with Gasteiger partial charge in [0.25, 0.3) is 0 Å². The normalized spacial score (nSPS) is 18.8. The summed E-state index contributed by atoms with van der Waals surface area (Å²) in [6.07, 6.45) is 6.17. The first-order chi connectivity index (χ1) is 12.6. The van der Waals surface area contributed by atoms with Crippen LogP contribution in [0.5, 0.6) is 0 Å². The van der Waals surface area contributed by atoms with E-state index < -0.39 is 0 Å². The molecule has 26 heavy (non-hydrogen) atoms. The van der Waals surface area contributed by atoms with Gasteiger partial charge in [0, 0.05) is 0 Å². The third kappa shape index (κ3) is 2.29. The van der Waals surface area contributed by atoms with E-state index in [4.69, 9.17) is 4.98 Å². The van der Waals surface area contributed by atoms with Gasteiger partial charge >= 0.3 is 0 Å². The summed E-state index contributed by atoms with van der Waals surface area (Å²) in [5.74, 6) is 0.877. The lowest BCUT2D eigenvalue weighted by molar-refractivity contribution is 0.217. The molecule has 1 aliphatic carbocycles. The van der Waals surface area contributed by atoms with Crippen LogP contribution >= 0.6 is 0 Å². The van der Waals surface area contributed by atoms with E-state index in [9.17, 15) is 0 Å². The highest BCUT2D eigenvalue weighted by Gasteiger charge is 2.38. The highest BCUT2D eigenvalue weighted by Crippen LogP contribution is 2.47. The Balaban J connectivity index is 1.69. The summed E-state index contributed by atoms with van der Waals surface area (Å²) in [6.45, 7) is 4.71. The van der Waals surface area contributed by atoms with Crippen LogP contribution in [-0.4, -0.2) is 19.5 Å². The molecule has 2 heterocycles. The van der Waals surface area contributed by atoms with Crippen LogP contribution in [0.1, 0.15) is 37.4 Å². The highest BCUT2D eigenvalue weighted by atomic mass is 15.1. The number of H-pyrrole nitrogens is 1. The number of hydrogen-bond acceptors (Lipinski definition) is 2. The summed E-state index contributed by atoms with van der Waals surface area (Å²) in [5, 5.41) is 0. The van der Waals surface area contributed by atoms with Crippen molar-refractivity contribution < 1.29 is 0 Å². The van der Waals surface area contributed by atoms with Crippen LogP contribution in [0.25, 0.3) is 22.6 Å². The quantitative estimate of drug-likeness (QED) is 0.558. The van der Waals surface area contributed by atoms with Crippen LogP contribution in [0.2, 0.25) is 0 Å². The van der Waals surface area contributed by atoms with Crippen molar-refractivity contribution in [2.24, 2.45) is 5.41 Å². The number of aromatic nitrogens is 4. The van der Waals surface area contributed by atoms with E-state index in [2.05, 4.69) is 58.7 Å². The molecule has 0 amide bonds. The predicted octanol–water partition coefficient (Wildman–Crippen LogP) is 4.99. The zero-order valence-electron chi connectivity index (χ0n) is 15.1. The molecule has 0 aliphatic heterocycles. The number of fused-ring (bicyclic) bond motifs is 2. The van der Waals surface area contributed by atoms with Crippen molar-refractivity contribution in [3.63, 3.8) is 0 Å². The molecule has 0 bridgehead atoms. The molecule has 0 radical (unpaired) electrons. The number of hydrogen-bond donors (Lipinski definition) is 1. The third-order valence-corrected chi connectivity index (χ3v) is 5.70. The molecule has 2 aromatic heterocycles. The largest absolute Gasteiger partial charge is 0.337 e. The van der Waals surface area contributed by atoms with Crippen molar-refractivity contribution in [2.45, 2.75) is 32.7 Å². The molecular weight excluding hydrogens is 320 g/mol. The van der Waals surface area contributed by atoms with Crippen LogP contribution in [0.15, 0.2) is 61.1 Å². The van der Waals surface area contributed by atoms with Gasteiger partial charge in [-0.15, -0.1) is 0 Å². The monoisotopic (exact) mass is 342 g/mol. The molecule has 0 fully saturated rings. The van der Waals surface area contributed by atoms with Gasteiger partial charge in [0.2, 0.25) is 0 Å². The minimum Gasteiger partial charge on any atom is -0.337 e. The highest BCUT2D eigenvalue weighted by molar-refractivity contribution is 5.78. The Hall–Kier alpha value is -2.88. The maximum Gasteiger partial charge on any atom is 0.156 e. The molecule has 4 aromatic rings. The minimum absolute atomic E-state index is 0.149. The Bertz CT molecular complexity index is 1050. The minimum atomic E-state index is 0.149. The summed E-state index contributed by atoms with van der Waals surface area (Å²) < 4.78 is 2.30. The van der Waals surface area contributed by atoms with Crippen LogP contribution < -0.4 is 0 Å². The molecule has 1 atom stereocenters.